The van der Waals surface area contributed by atoms with Gasteiger partial charge in [-0.1, -0.05) is 6.08 Å². The van der Waals surface area contributed by atoms with Gasteiger partial charge in [0.1, 0.15) is 0 Å². The van der Waals surface area contributed by atoms with E-state index >= 15 is 0 Å². The van der Waals surface area contributed by atoms with Crippen LogP contribution >= 0.6 is 0 Å². The number of nitrogens with one attached hydrogen (secondary N) is 1. The molecule has 0 radical (unpaired) electrons. The minimum Gasteiger partial charge on any atom is -0.299 e. The fourth-order valence-electron chi connectivity index (χ4n) is 0.371. The molecule has 0 spiro atoms. The quantitative estimate of drug-likeness (QED) is 0.434. The van der Waals surface area contributed by atoms with E-state index in [1.165, 1.54) is 0 Å². The number of carbonyl (C=O) groups is 2. The zero-order valence-electron chi connectivity index (χ0n) is 5.09. The number of amides is 2. The van der Waals surface area contributed by atoms with Crippen molar-refractivity contribution < 1.29 is 9.59 Å². The van der Waals surface area contributed by atoms with Gasteiger partial charge in [0.25, 0.3) is 0 Å². The van der Waals surface area contributed by atoms with E-state index in [1.807, 2.05) is 5.32 Å². The number of allylic oxidation sites excluding steroid dienone is 1. The standard InChI is InChI=1S/C6H9NO2/c1-2-3-4-6(9)7-5-8/h2,5H,1,3-4H2,(H,7,8,9). The summed E-state index contributed by atoms with van der Waals surface area (Å²) in [6.45, 7) is 3.42. The van der Waals surface area contributed by atoms with E-state index in [2.05, 4.69) is 6.58 Å². The van der Waals surface area contributed by atoms with Gasteiger partial charge in [0, 0.05) is 6.42 Å². The molecule has 0 aromatic carbocycles. The normalized spacial score (nSPS) is 8.00. The molecule has 0 fully saturated rings. The number of rotatable bonds is 4. The van der Waals surface area contributed by atoms with Gasteiger partial charge in [0.05, 0.1) is 0 Å². The van der Waals surface area contributed by atoms with Gasteiger partial charge in [0.15, 0.2) is 0 Å². The summed E-state index contributed by atoms with van der Waals surface area (Å²) in [4.78, 5) is 20.0. The highest BCUT2D eigenvalue weighted by Crippen LogP contribution is 1.86. The third kappa shape index (κ3) is 4.74. The summed E-state index contributed by atoms with van der Waals surface area (Å²) in [7, 11) is 0. The highest BCUT2D eigenvalue weighted by atomic mass is 16.2. The largest absolute Gasteiger partial charge is 0.299 e. The molecule has 0 bridgehead atoms. The van der Waals surface area contributed by atoms with Crippen LogP contribution in [0, 0.1) is 0 Å². The van der Waals surface area contributed by atoms with E-state index in [1.54, 1.807) is 6.08 Å². The van der Waals surface area contributed by atoms with Gasteiger partial charge in [-0.25, -0.2) is 0 Å². The van der Waals surface area contributed by atoms with Crippen LogP contribution < -0.4 is 5.32 Å². The molecule has 0 aliphatic rings. The van der Waals surface area contributed by atoms with Gasteiger partial charge >= 0.3 is 0 Å². The van der Waals surface area contributed by atoms with Crippen molar-refractivity contribution in [2.24, 2.45) is 0 Å². The molecule has 0 aromatic rings. The lowest BCUT2D eigenvalue weighted by Crippen LogP contribution is -2.20. The second-order valence-corrected chi connectivity index (χ2v) is 1.51. The van der Waals surface area contributed by atoms with Crippen molar-refractivity contribution in [1.29, 1.82) is 0 Å². The zero-order valence-corrected chi connectivity index (χ0v) is 5.09. The Labute approximate surface area is 53.7 Å². The van der Waals surface area contributed by atoms with Crippen molar-refractivity contribution in [1.82, 2.24) is 5.32 Å². The van der Waals surface area contributed by atoms with Gasteiger partial charge < -0.3 is 0 Å². The third-order valence-electron chi connectivity index (χ3n) is 0.795. The SMILES string of the molecule is C=CCCC(=O)NC=O. The number of carbonyl (C=O) groups excluding carboxylic acids is 2. The summed E-state index contributed by atoms with van der Waals surface area (Å²) < 4.78 is 0. The van der Waals surface area contributed by atoms with Crippen LogP contribution in [-0.4, -0.2) is 12.3 Å². The minimum absolute atomic E-state index is 0.259. The molecule has 3 heteroatoms. The third-order valence-corrected chi connectivity index (χ3v) is 0.795. The Kier molecular flexibility index (Phi) is 4.40. The zero-order chi connectivity index (χ0) is 7.11. The molecule has 0 unspecified atom stereocenters. The second-order valence-electron chi connectivity index (χ2n) is 1.51. The van der Waals surface area contributed by atoms with Crippen LogP contribution in [0.5, 0.6) is 0 Å². The Balaban J connectivity index is 3.26. The van der Waals surface area contributed by atoms with Crippen LogP contribution in [0.4, 0.5) is 0 Å². The molecule has 3 nitrogen and oxygen atoms in total. The maximum atomic E-state index is 10.4. The maximum absolute atomic E-state index is 10.4. The Morgan fingerprint density at radius 1 is 1.67 bits per heavy atom. The Morgan fingerprint density at radius 3 is 2.78 bits per heavy atom. The van der Waals surface area contributed by atoms with Crippen molar-refractivity contribution in [3.63, 3.8) is 0 Å². The molecule has 0 saturated carbocycles. The molecule has 2 amide bonds. The summed E-state index contributed by atoms with van der Waals surface area (Å²) in [5.41, 5.74) is 0. The molecular formula is C6H9NO2. The lowest BCUT2D eigenvalue weighted by atomic mass is 10.3. The predicted octanol–water partition coefficient (Wildman–Crippen LogP) is 0.225. The summed E-state index contributed by atoms with van der Waals surface area (Å²) >= 11 is 0. The summed E-state index contributed by atoms with van der Waals surface area (Å²) in [5, 5.41) is 2.01. The van der Waals surface area contributed by atoms with Gasteiger partial charge in [-0.15, -0.1) is 6.58 Å². The molecule has 0 aromatic heterocycles. The molecule has 0 heterocycles. The van der Waals surface area contributed by atoms with Crippen LogP contribution in [0.1, 0.15) is 12.8 Å². The molecule has 0 saturated heterocycles. The average molecular weight is 127 g/mol. The predicted molar refractivity (Wildman–Crippen MR) is 33.6 cm³/mol. The van der Waals surface area contributed by atoms with Gasteiger partial charge in [-0.3, -0.25) is 14.9 Å². The van der Waals surface area contributed by atoms with E-state index in [9.17, 15) is 9.59 Å². The monoisotopic (exact) mass is 127 g/mol. The van der Waals surface area contributed by atoms with Crippen molar-refractivity contribution >= 4 is 12.3 Å². The van der Waals surface area contributed by atoms with Crippen LogP contribution in [-0.2, 0) is 9.59 Å². The van der Waals surface area contributed by atoms with E-state index in [0.717, 1.165) is 0 Å². The fourth-order valence-corrected chi connectivity index (χ4v) is 0.371. The second kappa shape index (κ2) is 5.03. The first kappa shape index (κ1) is 7.88. The molecule has 50 valence electrons. The highest BCUT2D eigenvalue weighted by Gasteiger charge is 1.94. The highest BCUT2D eigenvalue weighted by molar-refractivity contribution is 5.85. The van der Waals surface area contributed by atoms with Crippen molar-refractivity contribution in [3.05, 3.63) is 12.7 Å². The van der Waals surface area contributed by atoms with E-state index < -0.39 is 0 Å². The molecule has 0 aliphatic carbocycles. The van der Waals surface area contributed by atoms with Gasteiger partial charge in [0.2, 0.25) is 12.3 Å². The van der Waals surface area contributed by atoms with Crippen LogP contribution in [0.2, 0.25) is 0 Å². The van der Waals surface area contributed by atoms with Gasteiger partial charge in [-0.2, -0.15) is 0 Å². The first-order chi connectivity index (χ1) is 4.31. The molecule has 1 N–H and O–H groups in total. The Hall–Kier alpha value is -1.12. The first-order valence-electron chi connectivity index (χ1n) is 2.65. The Bertz CT molecular complexity index is 120. The topological polar surface area (TPSA) is 46.2 Å². The molecule has 0 rings (SSSR count). The summed E-state index contributed by atoms with van der Waals surface area (Å²) in [6, 6.07) is 0. The number of imide groups is 1. The summed E-state index contributed by atoms with van der Waals surface area (Å²) in [6.07, 6.45) is 2.96. The van der Waals surface area contributed by atoms with Crippen molar-refractivity contribution in [2.45, 2.75) is 12.8 Å². The summed E-state index contributed by atoms with van der Waals surface area (Å²) in [5.74, 6) is -0.259. The fraction of sp³-hybridized carbons (Fsp3) is 0.333. The van der Waals surface area contributed by atoms with E-state index in [-0.39, 0.29) is 5.91 Å². The number of hydrogen-bond donors (Lipinski definition) is 1. The smallest absolute Gasteiger partial charge is 0.226 e. The minimum atomic E-state index is -0.259. The molecular weight excluding hydrogens is 118 g/mol. The molecule has 0 aliphatic heterocycles. The maximum Gasteiger partial charge on any atom is 0.226 e. The van der Waals surface area contributed by atoms with Crippen LogP contribution in [0.25, 0.3) is 0 Å². The lowest BCUT2D eigenvalue weighted by molar-refractivity contribution is -0.125. The van der Waals surface area contributed by atoms with Crippen LogP contribution in [0.15, 0.2) is 12.7 Å². The van der Waals surface area contributed by atoms with Gasteiger partial charge in [-0.05, 0) is 6.42 Å². The lowest BCUT2D eigenvalue weighted by Gasteiger charge is -1.91. The van der Waals surface area contributed by atoms with E-state index in [0.29, 0.717) is 19.3 Å². The Morgan fingerprint density at radius 2 is 2.33 bits per heavy atom. The van der Waals surface area contributed by atoms with Crippen LogP contribution in [0.3, 0.4) is 0 Å². The molecule has 0 atom stereocenters. The number of hydrogen-bond acceptors (Lipinski definition) is 2. The van der Waals surface area contributed by atoms with Crippen molar-refractivity contribution in [3.8, 4) is 0 Å². The first-order valence-corrected chi connectivity index (χ1v) is 2.65. The van der Waals surface area contributed by atoms with Crippen molar-refractivity contribution in [2.75, 3.05) is 0 Å². The molecule has 9 heavy (non-hydrogen) atoms. The van der Waals surface area contributed by atoms with E-state index in [4.69, 9.17) is 0 Å². The average Bonchev–Trinajstić information content (AvgIpc) is 1.85.